The molecule has 1 aromatic carbocycles. The Balaban J connectivity index is 1.67. The minimum atomic E-state index is 0.310. The van der Waals surface area contributed by atoms with Crippen LogP contribution in [0.2, 0.25) is 0 Å². The van der Waals surface area contributed by atoms with Crippen molar-refractivity contribution in [3.05, 3.63) is 71.8 Å². The lowest BCUT2D eigenvalue weighted by molar-refractivity contribution is 0.181. The van der Waals surface area contributed by atoms with E-state index in [1.54, 1.807) is 0 Å². The summed E-state index contributed by atoms with van der Waals surface area (Å²) in [7, 11) is 0. The van der Waals surface area contributed by atoms with Gasteiger partial charge in [0.05, 0.1) is 19.3 Å². The highest BCUT2D eigenvalue weighted by atomic mass is 16.5. The Bertz CT molecular complexity index is 836. The molecule has 1 saturated heterocycles. The van der Waals surface area contributed by atoms with Gasteiger partial charge in [-0.15, -0.1) is 0 Å². The van der Waals surface area contributed by atoms with Crippen LogP contribution in [0, 0.1) is 19.8 Å². The van der Waals surface area contributed by atoms with Crippen molar-refractivity contribution in [1.29, 1.82) is 0 Å². The average Bonchev–Trinajstić information content (AvgIpc) is 3.25. The van der Waals surface area contributed by atoms with Crippen molar-refractivity contribution in [2.24, 2.45) is 5.92 Å². The predicted molar refractivity (Wildman–Crippen MR) is 98.4 cm³/mol. The van der Waals surface area contributed by atoms with Crippen LogP contribution in [0.5, 0.6) is 0 Å². The van der Waals surface area contributed by atoms with Crippen LogP contribution in [0.15, 0.2) is 55.1 Å². The number of hydrogen-bond acceptors (Lipinski definition) is 3. The van der Waals surface area contributed by atoms with Crippen LogP contribution in [-0.4, -0.2) is 27.7 Å². The molecule has 1 fully saturated rings. The van der Waals surface area contributed by atoms with Gasteiger partial charge in [0.15, 0.2) is 0 Å². The Hall–Kier alpha value is -2.46. The molecule has 2 atom stereocenters. The molecule has 0 aliphatic carbocycles. The molecule has 0 bridgehead atoms. The van der Waals surface area contributed by atoms with Crippen LogP contribution in [0.4, 0.5) is 0 Å². The summed E-state index contributed by atoms with van der Waals surface area (Å²) in [4.78, 5) is 8.81. The number of ether oxygens (including phenoxy) is 1. The number of aryl methyl sites for hydroxylation is 2. The minimum absolute atomic E-state index is 0.310. The van der Waals surface area contributed by atoms with Crippen LogP contribution in [0.3, 0.4) is 0 Å². The quantitative estimate of drug-likeness (QED) is 0.725. The van der Waals surface area contributed by atoms with Gasteiger partial charge >= 0.3 is 0 Å². The molecular weight excluding hydrogens is 310 g/mol. The van der Waals surface area contributed by atoms with Crippen molar-refractivity contribution in [1.82, 2.24) is 14.5 Å². The van der Waals surface area contributed by atoms with E-state index in [1.165, 1.54) is 22.3 Å². The second-order valence-corrected chi connectivity index (χ2v) is 6.85. The van der Waals surface area contributed by atoms with E-state index in [1.807, 2.05) is 18.6 Å². The number of hydrogen-bond donors (Lipinski definition) is 0. The van der Waals surface area contributed by atoms with Gasteiger partial charge < -0.3 is 9.30 Å². The van der Waals surface area contributed by atoms with E-state index < -0.39 is 0 Å². The molecule has 1 aliphatic rings. The Labute approximate surface area is 148 Å². The maximum atomic E-state index is 5.85. The first kappa shape index (κ1) is 16.0. The summed E-state index contributed by atoms with van der Waals surface area (Å²) in [6, 6.07) is 10.9. The van der Waals surface area contributed by atoms with Gasteiger partial charge in [0.1, 0.15) is 5.82 Å². The highest BCUT2D eigenvalue weighted by Gasteiger charge is 2.31. The Morgan fingerprint density at radius 2 is 1.80 bits per heavy atom. The second kappa shape index (κ2) is 6.81. The Morgan fingerprint density at radius 1 is 1.04 bits per heavy atom. The lowest BCUT2D eigenvalue weighted by atomic mass is 9.94. The number of imidazole rings is 1. The van der Waals surface area contributed by atoms with Gasteiger partial charge in [0, 0.05) is 36.3 Å². The molecule has 4 nitrogen and oxygen atoms in total. The molecule has 1 aliphatic heterocycles. The predicted octanol–water partition coefficient (Wildman–Crippen LogP) is 3.99. The van der Waals surface area contributed by atoms with E-state index >= 15 is 0 Å². The van der Waals surface area contributed by atoms with E-state index in [0.717, 1.165) is 25.5 Å². The smallest absolute Gasteiger partial charge is 0.140 e. The van der Waals surface area contributed by atoms with Crippen molar-refractivity contribution in [2.75, 3.05) is 13.2 Å². The molecule has 0 N–H and O–H groups in total. The number of rotatable bonds is 4. The fourth-order valence-electron chi connectivity index (χ4n) is 3.85. The third kappa shape index (κ3) is 3.10. The lowest BCUT2D eigenvalue weighted by Gasteiger charge is -2.22. The van der Waals surface area contributed by atoms with Crippen molar-refractivity contribution in [3.8, 4) is 11.4 Å². The fraction of sp³-hybridized carbons (Fsp3) is 0.333. The molecule has 25 heavy (non-hydrogen) atoms. The summed E-state index contributed by atoms with van der Waals surface area (Å²) in [6.45, 7) is 5.84. The van der Waals surface area contributed by atoms with Crippen LogP contribution in [0.1, 0.15) is 22.7 Å². The van der Waals surface area contributed by atoms with Gasteiger partial charge in [-0.25, -0.2) is 4.98 Å². The molecule has 4 heteroatoms. The topological polar surface area (TPSA) is 39.9 Å². The third-order valence-electron chi connectivity index (χ3n) is 5.14. The van der Waals surface area contributed by atoms with E-state index in [9.17, 15) is 0 Å². The van der Waals surface area contributed by atoms with Crippen LogP contribution in [-0.2, 0) is 11.2 Å². The molecule has 128 valence electrons. The van der Waals surface area contributed by atoms with Crippen molar-refractivity contribution >= 4 is 0 Å². The minimum Gasteiger partial charge on any atom is -0.379 e. The third-order valence-corrected chi connectivity index (χ3v) is 5.14. The second-order valence-electron chi connectivity index (χ2n) is 6.85. The Morgan fingerprint density at radius 3 is 2.56 bits per heavy atom. The zero-order chi connectivity index (χ0) is 17.2. The lowest BCUT2D eigenvalue weighted by Crippen LogP contribution is -2.20. The first-order valence-corrected chi connectivity index (χ1v) is 8.80. The SMILES string of the molecule is Cc1cccc(C)c1-c1nccn1[C@@H]1COC[C@H]1Cc1ccncc1. The maximum absolute atomic E-state index is 5.85. The van der Waals surface area contributed by atoms with Crippen molar-refractivity contribution in [2.45, 2.75) is 26.3 Å². The molecule has 3 aromatic rings. The van der Waals surface area contributed by atoms with E-state index in [2.05, 4.69) is 59.9 Å². The molecule has 0 amide bonds. The molecule has 4 rings (SSSR count). The molecular formula is C21H23N3O. The summed E-state index contributed by atoms with van der Waals surface area (Å²) in [5.74, 6) is 1.49. The summed E-state index contributed by atoms with van der Waals surface area (Å²) < 4.78 is 8.17. The summed E-state index contributed by atoms with van der Waals surface area (Å²) in [5, 5.41) is 0. The first-order valence-electron chi connectivity index (χ1n) is 8.80. The maximum Gasteiger partial charge on any atom is 0.140 e. The summed E-state index contributed by atoms with van der Waals surface area (Å²) >= 11 is 0. The monoisotopic (exact) mass is 333 g/mol. The van der Waals surface area contributed by atoms with Gasteiger partial charge in [0.25, 0.3) is 0 Å². The molecule has 0 unspecified atom stereocenters. The molecule has 2 aromatic heterocycles. The fourth-order valence-corrected chi connectivity index (χ4v) is 3.85. The Kier molecular flexibility index (Phi) is 4.36. The van der Waals surface area contributed by atoms with Gasteiger partial charge in [-0.1, -0.05) is 18.2 Å². The largest absolute Gasteiger partial charge is 0.379 e. The zero-order valence-corrected chi connectivity index (χ0v) is 14.7. The number of benzene rings is 1. The van der Waals surface area contributed by atoms with Crippen LogP contribution >= 0.6 is 0 Å². The highest BCUT2D eigenvalue weighted by molar-refractivity contribution is 5.65. The standard InChI is InChI=1S/C21H23N3O/c1-15-4-3-5-16(2)20(15)21-23-10-11-24(21)19-14-25-13-18(19)12-17-6-8-22-9-7-17/h3-11,18-19H,12-14H2,1-2H3/t18-,19-/m1/s1. The van der Waals surface area contributed by atoms with Crippen LogP contribution in [0.25, 0.3) is 11.4 Å². The van der Waals surface area contributed by atoms with Gasteiger partial charge in [-0.3, -0.25) is 4.98 Å². The van der Waals surface area contributed by atoms with Crippen LogP contribution < -0.4 is 0 Å². The van der Waals surface area contributed by atoms with E-state index in [-0.39, 0.29) is 0 Å². The van der Waals surface area contributed by atoms with Crippen molar-refractivity contribution < 1.29 is 4.74 Å². The van der Waals surface area contributed by atoms with Gasteiger partial charge in [-0.2, -0.15) is 0 Å². The molecule has 0 radical (unpaired) electrons. The number of nitrogens with zero attached hydrogens (tertiary/aromatic N) is 3. The molecule has 3 heterocycles. The van der Waals surface area contributed by atoms with E-state index in [0.29, 0.717) is 12.0 Å². The zero-order valence-electron chi connectivity index (χ0n) is 14.7. The summed E-state index contributed by atoms with van der Waals surface area (Å²) in [5.41, 5.74) is 5.07. The first-order chi connectivity index (χ1) is 12.2. The number of pyridine rings is 1. The molecule has 0 saturated carbocycles. The highest BCUT2D eigenvalue weighted by Crippen LogP contribution is 2.34. The normalized spacial score (nSPS) is 20.1. The summed E-state index contributed by atoms with van der Waals surface area (Å²) in [6.07, 6.45) is 8.72. The van der Waals surface area contributed by atoms with E-state index in [4.69, 9.17) is 9.72 Å². The molecule has 0 spiro atoms. The number of aromatic nitrogens is 3. The van der Waals surface area contributed by atoms with Gasteiger partial charge in [0.2, 0.25) is 0 Å². The average molecular weight is 333 g/mol. The van der Waals surface area contributed by atoms with Gasteiger partial charge in [-0.05, 0) is 49.1 Å². The van der Waals surface area contributed by atoms with Crippen molar-refractivity contribution in [3.63, 3.8) is 0 Å².